The average molecular weight is 262 g/mol. The van der Waals surface area contributed by atoms with Crippen LogP contribution in [0, 0.1) is 23.7 Å². The minimum Gasteiger partial charge on any atom is -0.475 e. The molecule has 0 amide bonds. The van der Waals surface area contributed by atoms with E-state index < -0.39 is 11.6 Å². The van der Waals surface area contributed by atoms with Gasteiger partial charge in [0.05, 0.1) is 0 Å². The lowest BCUT2D eigenvalue weighted by molar-refractivity contribution is -0.189. The van der Waals surface area contributed by atoms with E-state index in [0.717, 1.165) is 37.5 Å². The first-order chi connectivity index (χ1) is 9.07. The van der Waals surface area contributed by atoms with Crippen LogP contribution in [0.5, 0.6) is 0 Å². The normalized spacial score (nSPS) is 43.6. The van der Waals surface area contributed by atoms with Crippen molar-refractivity contribution in [2.75, 3.05) is 0 Å². The van der Waals surface area contributed by atoms with Crippen molar-refractivity contribution in [1.29, 1.82) is 0 Å². The van der Waals surface area contributed by atoms with Gasteiger partial charge in [-0.05, 0) is 67.9 Å². The topological polar surface area (TPSA) is 70.7 Å². The summed E-state index contributed by atoms with van der Waals surface area (Å²) in [6.07, 6.45) is 5.57. The fourth-order valence-corrected chi connectivity index (χ4v) is 4.97. The second-order valence-corrected chi connectivity index (χ2v) is 6.60. The van der Waals surface area contributed by atoms with Crippen LogP contribution in [-0.2, 0) is 5.60 Å². The highest BCUT2D eigenvalue weighted by molar-refractivity contribution is 5.84. The van der Waals surface area contributed by atoms with Crippen LogP contribution in [0.1, 0.15) is 48.4 Å². The predicted octanol–water partition coefficient (Wildman–Crippen LogP) is 2.62. The quantitative estimate of drug-likeness (QED) is 0.859. The molecule has 4 nitrogen and oxygen atoms in total. The zero-order chi connectivity index (χ0) is 13.2. The van der Waals surface area contributed by atoms with Crippen molar-refractivity contribution in [2.45, 2.75) is 37.7 Å². The van der Waals surface area contributed by atoms with Gasteiger partial charge >= 0.3 is 5.97 Å². The molecular formula is C15H18O4. The lowest BCUT2D eigenvalue weighted by Gasteiger charge is -2.58. The zero-order valence-corrected chi connectivity index (χ0v) is 10.7. The lowest BCUT2D eigenvalue weighted by atomic mass is 9.49. The number of aromatic carboxylic acids is 1. The molecule has 0 atom stereocenters. The Hall–Kier alpha value is -1.29. The third kappa shape index (κ3) is 1.46. The fourth-order valence-electron chi connectivity index (χ4n) is 4.97. The molecule has 0 unspecified atom stereocenters. The maximum atomic E-state index is 11.2. The van der Waals surface area contributed by atoms with E-state index in [-0.39, 0.29) is 17.6 Å². The maximum Gasteiger partial charge on any atom is 0.371 e. The molecule has 0 spiro atoms. The van der Waals surface area contributed by atoms with Crippen molar-refractivity contribution < 1.29 is 19.4 Å². The van der Waals surface area contributed by atoms with Crippen LogP contribution in [0.4, 0.5) is 0 Å². The van der Waals surface area contributed by atoms with Gasteiger partial charge in [0.1, 0.15) is 11.4 Å². The number of carbonyl (C=O) groups is 1. The van der Waals surface area contributed by atoms with E-state index in [1.165, 1.54) is 12.5 Å². The first-order valence-corrected chi connectivity index (χ1v) is 7.13. The van der Waals surface area contributed by atoms with Gasteiger partial charge in [-0.25, -0.2) is 4.79 Å². The van der Waals surface area contributed by atoms with Crippen molar-refractivity contribution in [3.8, 4) is 0 Å². The summed E-state index contributed by atoms with van der Waals surface area (Å²) in [6, 6.07) is 3.12. The molecule has 0 aliphatic heterocycles. The molecule has 0 saturated heterocycles. The monoisotopic (exact) mass is 262 g/mol. The Morgan fingerprint density at radius 2 is 1.68 bits per heavy atom. The number of rotatable bonds is 2. The van der Waals surface area contributed by atoms with Gasteiger partial charge in [0, 0.05) is 0 Å². The second-order valence-electron chi connectivity index (χ2n) is 6.60. The molecule has 2 N–H and O–H groups in total. The minimum absolute atomic E-state index is 0.0720. The number of hydrogen-bond acceptors (Lipinski definition) is 3. The van der Waals surface area contributed by atoms with E-state index in [1.807, 2.05) is 0 Å². The highest BCUT2D eigenvalue weighted by atomic mass is 16.4. The van der Waals surface area contributed by atoms with Crippen LogP contribution in [0.3, 0.4) is 0 Å². The fraction of sp³-hybridized carbons (Fsp3) is 0.667. The smallest absolute Gasteiger partial charge is 0.371 e. The van der Waals surface area contributed by atoms with Crippen molar-refractivity contribution in [2.24, 2.45) is 23.7 Å². The van der Waals surface area contributed by atoms with Gasteiger partial charge in [0.15, 0.2) is 0 Å². The van der Waals surface area contributed by atoms with Crippen LogP contribution in [0.25, 0.3) is 0 Å². The number of hydrogen-bond donors (Lipinski definition) is 2. The third-order valence-electron chi connectivity index (χ3n) is 5.59. The van der Waals surface area contributed by atoms with E-state index in [0.29, 0.717) is 5.76 Å². The Bertz CT molecular complexity index is 502. The Kier molecular flexibility index (Phi) is 2.20. The molecule has 1 aromatic heterocycles. The maximum absolute atomic E-state index is 11.2. The van der Waals surface area contributed by atoms with Crippen LogP contribution < -0.4 is 0 Å². The van der Waals surface area contributed by atoms with Crippen molar-refractivity contribution in [3.63, 3.8) is 0 Å². The Morgan fingerprint density at radius 1 is 1.11 bits per heavy atom. The van der Waals surface area contributed by atoms with Crippen molar-refractivity contribution >= 4 is 5.97 Å². The Labute approximate surface area is 111 Å². The van der Waals surface area contributed by atoms with Crippen LogP contribution >= 0.6 is 0 Å². The summed E-state index contributed by atoms with van der Waals surface area (Å²) >= 11 is 0. The van der Waals surface area contributed by atoms with Gasteiger partial charge < -0.3 is 14.6 Å². The van der Waals surface area contributed by atoms with Crippen LogP contribution in [0.2, 0.25) is 0 Å². The summed E-state index contributed by atoms with van der Waals surface area (Å²) < 4.78 is 5.42. The number of carboxylic acid groups (broad SMARTS) is 1. The Morgan fingerprint density at radius 3 is 2.16 bits per heavy atom. The first-order valence-electron chi connectivity index (χ1n) is 7.13. The summed E-state index contributed by atoms with van der Waals surface area (Å²) in [5, 5.41) is 20.1. The molecule has 4 bridgehead atoms. The number of furan rings is 1. The van der Waals surface area contributed by atoms with Crippen molar-refractivity contribution in [1.82, 2.24) is 0 Å². The van der Waals surface area contributed by atoms with E-state index in [4.69, 9.17) is 9.52 Å². The van der Waals surface area contributed by atoms with Crippen LogP contribution in [0.15, 0.2) is 16.5 Å². The molecule has 1 aromatic rings. The third-order valence-corrected chi connectivity index (χ3v) is 5.59. The first kappa shape index (κ1) is 11.5. The highest BCUT2D eigenvalue weighted by Gasteiger charge is 2.58. The standard InChI is InChI=1S/C15H18O4/c16-14(17)12-1-2-13(19-12)15(18)10-4-8-3-9(6-10)7-11(15)5-8/h1-2,8-11,18H,3-7H2,(H,16,17). The van der Waals surface area contributed by atoms with Gasteiger partial charge in [-0.1, -0.05) is 0 Å². The largest absolute Gasteiger partial charge is 0.475 e. The SMILES string of the molecule is O=C(O)c1ccc(C2(O)C3CC4CC(C3)CC2C4)o1. The molecule has 4 aliphatic rings. The van der Waals surface area contributed by atoms with E-state index >= 15 is 0 Å². The molecule has 4 saturated carbocycles. The molecular weight excluding hydrogens is 244 g/mol. The highest BCUT2D eigenvalue weighted by Crippen LogP contribution is 2.61. The molecule has 19 heavy (non-hydrogen) atoms. The minimum atomic E-state index is -1.07. The van der Waals surface area contributed by atoms with Gasteiger partial charge in [0.2, 0.25) is 5.76 Å². The van der Waals surface area contributed by atoms with Crippen LogP contribution in [-0.4, -0.2) is 16.2 Å². The molecule has 5 rings (SSSR count). The van der Waals surface area contributed by atoms with Gasteiger partial charge in [-0.15, -0.1) is 0 Å². The molecule has 0 radical (unpaired) electrons. The van der Waals surface area contributed by atoms with Gasteiger partial charge in [-0.2, -0.15) is 0 Å². The molecule has 4 heteroatoms. The van der Waals surface area contributed by atoms with Gasteiger partial charge in [-0.3, -0.25) is 0 Å². The number of carboxylic acids is 1. The van der Waals surface area contributed by atoms with Crippen molar-refractivity contribution in [3.05, 3.63) is 23.7 Å². The molecule has 102 valence electrons. The van der Waals surface area contributed by atoms with E-state index in [9.17, 15) is 9.90 Å². The summed E-state index contributed by atoms with van der Waals surface area (Å²) in [5.74, 6) is 1.34. The van der Waals surface area contributed by atoms with E-state index in [2.05, 4.69) is 0 Å². The summed E-state index contributed by atoms with van der Waals surface area (Å²) in [6.45, 7) is 0. The zero-order valence-electron chi connectivity index (χ0n) is 10.7. The summed E-state index contributed by atoms with van der Waals surface area (Å²) in [7, 11) is 0. The Balaban J connectivity index is 1.74. The number of aliphatic hydroxyl groups is 1. The molecule has 4 aliphatic carbocycles. The summed E-state index contributed by atoms with van der Waals surface area (Å²) in [5.41, 5.74) is -0.929. The molecule has 1 heterocycles. The van der Waals surface area contributed by atoms with Gasteiger partial charge in [0.25, 0.3) is 0 Å². The summed E-state index contributed by atoms with van der Waals surface area (Å²) in [4.78, 5) is 10.9. The predicted molar refractivity (Wildman–Crippen MR) is 66.6 cm³/mol. The average Bonchev–Trinajstić information content (AvgIpc) is 2.85. The lowest BCUT2D eigenvalue weighted by Crippen LogP contribution is -2.55. The second kappa shape index (κ2) is 3.63. The van der Waals surface area contributed by atoms with E-state index in [1.54, 1.807) is 6.07 Å². The molecule has 4 fully saturated rings. The molecule has 0 aromatic carbocycles.